The predicted octanol–water partition coefficient (Wildman–Crippen LogP) is 2.98. The van der Waals surface area contributed by atoms with Gasteiger partial charge in [0, 0.05) is 0 Å². The van der Waals surface area contributed by atoms with E-state index in [1.54, 1.807) is 38.3 Å². The molecule has 0 spiro atoms. The second-order valence-electron chi connectivity index (χ2n) is 8.15. The minimum absolute atomic E-state index is 0.146. The van der Waals surface area contributed by atoms with E-state index >= 15 is 0 Å². The van der Waals surface area contributed by atoms with E-state index in [-0.39, 0.29) is 31.1 Å². The predicted molar refractivity (Wildman–Crippen MR) is 126 cm³/mol. The smallest absolute Gasteiger partial charge is 0.344 e. The molecule has 35 heavy (non-hydrogen) atoms. The third-order valence-electron chi connectivity index (χ3n) is 5.90. The van der Waals surface area contributed by atoms with Crippen molar-refractivity contribution in [2.45, 2.75) is 32.2 Å². The molecule has 184 valence electrons. The number of rotatable bonds is 9. The monoisotopic (exact) mass is 480 g/mol. The molecule has 2 amide bonds. The molecule has 1 heterocycles. The van der Waals surface area contributed by atoms with Gasteiger partial charge in [0.15, 0.2) is 6.61 Å². The highest BCUT2D eigenvalue weighted by molar-refractivity contribution is 5.95. The van der Waals surface area contributed by atoms with Crippen molar-refractivity contribution in [3.63, 3.8) is 0 Å². The molecule has 1 aliphatic heterocycles. The van der Waals surface area contributed by atoms with Crippen LogP contribution in [0.4, 0.5) is 4.79 Å². The molecule has 1 unspecified atom stereocenters. The maximum absolute atomic E-state index is 12.8. The van der Waals surface area contributed by atoms with Crippen LogP contribution in [0, 0.1) is 0 Å². The Hall–Kier alpha value is -4.01. The number of aryl methyl sites for hydroxylation is 2. The summed E-state index contributed by atoms with van der Waals surface area (Å²) in [6.07, 6.45) is 3.19. The average Bonchev–Trinajstić information content (AvgIpc) is 3.34. The van der Waals surface area contributed by atoms with Crippen LogP contribution in [0.5, 0.6) is 11.5 Å². The van der Waals surface area contributed by atoms with Crippen molar-refractivity contribution in [1.29, 1.82) is 0 Å². The van der Waals surface area contributed by atoms with Crippen LogP contribution < -0.4 is 20.1 Å². The molecule has 2 N–H and O–H groups in total. The number of urea groups is 1. The Morgan fingerprint density at radius 3 is 2.49 bits per heavy atom. The lowest BCUT2D eigenvalue weighted by molar-refractivity contribution is -0.145. The molecule has 0 radical (unpaired) electrons. The average molecular weight is 481 g/mol. The van der Waals surface area contributed by atoms with E-state index in [0.29, 0.717) is 17.1 Å². The lowest BCUT2D eigenvalue weighted by Gasteiger charge is -2.29. The van der Waals surface area contributed by atoms with Crippen LogP contribution >= 0.6 is 0 Å². The first-order chi connectivity index (χ1) is 17.0. The molecular formula is C26H28N2O7. The Kier molecular flexibility index (Phi) is 7.54. The molecule has 2 aromatic rings. The molecule has 2 aliphatic rings. The summed E-state index contributed by atoms with van der Waals surface area (Å²) >= 11 is 0. The van der Waals surface area contributed by atoms with Gasteiger partial charge in [0.25, 0.3) is 0 Å². The standard InChI is InChI=1S/C26H28N2O7/c1-3-33-25(30)23-21(27-26(31)28-24(23)17-8-10-19(32-2)11-9-17)14-35-22(29)15-34-20-12-7-16-5-4-6-18(16)13-20/h7-13,24H,3-6,14-15H2,1-2H3,(H2,27,28,31). The SMILES string of the molecule is CCOC(=O)C1=C(COC(=O)COc2ccc3c(c2)CCC3)NC(=O)NC1c1ccc(OC)cc1. The van der Waals surface area contributed by atoms with Crippen molar-refractivity contribution in [3.8, 4) is 11.5 Å². The fourth-order valence-corrected chi connectivity index (χ4v) is 4.20. The summed E-state index contributed by atoms with van der Waals surface area (Å²) in [5.41, 5.74) is 3.50. The van der Waals surface area contributed by atoms with Crippen LogP contribution in [-0.2, 0) is 31.9 Å². The normalized spacial score (nSPS) is 16.6. The number of carbonyl (C=O) groups is 3. The van der Waals surface area contributed by atoms with Gasteiger partial charge >= 0.3 is 18.0 Å². The molecule has 0 saturated heterocycles. The molecule has 1 atom stereocenters. The maximum atomic E-state index is 12.8. The lowest BCUT2D eigenvalue weighted by atomic mass is 9.95. The zero-order valence-electron chi connectivity index (χ0n) is 19.7. The Labute approximate surface area is 203 Å². The Morgan fingerprint density at radius 2 is 1.74 bits per heavy atom. The second kappa shape index (κ2) is 10.9. The molecule has 0 fully saturated rings. The molecule has 0 aromatic heterocycles. The summed E-state index contributed by atoms with van der Waals surface area (Å²) in [6, 6.07) is 11.4. The van der Waals surface area contributed by atoms with Crippen molar-refractivity contribution in [3.05, 3.63) is 70.4 Å². The van der Waals surface area contributed by atoms with Gasteiger partial charge in [0.05, 0.1) is 31.0 Å². The molecule has 9 nitrogen and oxygen atoms in total. The molecular weight excluding hydrogens is 452 g/mol. The summed E-state index contributed by atoms with van der Waals surface area (Å²) in [6.45, 7) is 1.22. The van der Waals surface area contributed by atoms with Crippen molar-refractivity contribution in [2.75, 3.05) is 26.9 Å². The van der Waals surface area contributed by atoms with Crippen LogP contribution in [-0.4, -0.2) is 44.9 Å². The number of benzene rings is 2. The molecule has 0 bridgehead atoms. The van der Waals surface area contributed by atoms with E-state index in [4.69, 9.17) is 18.9 Å². The van der Waals surface area contributed by atoms with Crippen LogP contribution in [0.2, 0.25) is 0 Å². The van der Waals surface area contributed by atoms with Crippen molar-refractivity contribution < 1.29 is 33.3 Å². The number of methoxy groups -OCH3 is 1. The van der Waals surface area contributed by atoms with Gasteiger partial charge in [-0.3, -0.25) is 0 Å². The minimum Gasteiger partial charge on any atom is -0.497 e. The van der Waals surface area contributed by atoms with Gasteiger partial charge in [-0.25, -0.2) is 14.4 Å². The number of esters is 2. The Bertz CT molecular complexity index is 1140. The van der Waals surface area contributed by atoms with Crippen molar-refractivity contribution in [1.82, 2.24) is 10.6 Å². The third kappa shape index (κ3) is 5.74. The summed E-state index contributed by atoms with van der Waals surface area (Å²) in [5, 5.41) is 5.30. The van der Waals surface area contributed by atoms with E-state index in [2.05, 4.69) is 10.6 Å². The minimum atomic E-state index is -0.787. The van der Waals surface area contributed by atoms with Crippen molar-refractivity contribution in [2.24, 2.45) is 0 Å². The van der Waals surface area contributed by atoms with E-state index in [1.807, 2.05) is 18.2 Å². The summed E-state index contributed by atoms with van der Waals surface area (Å²) in [5.74, 6) is -0.0202. The largest absolute Gasteiger partial charge is 0.497 e. The maximum Gasteiger partial charge on any atom is 0.344 e. The Morgan fingerprint density at radius 1 is 1.00 bits per heavy atom. The van der Waals surface area contributed by atoms with Gasteiger partial charge in [-0.05, 0) is 67.1 Å². The third-order valence-corrected chi connectivity index (χ3v) is 5.90. The zero-order valence-corrected chi connectivity index (χ0v) is 19.7. The zero-order chi connectivity index (χ0) is 24.8. The topological polar surface area (TPSA) is 112 Å². The van der Waals surface area contributed by atoms with Gasteiger partial charge in [-0.2, -0.15) is 0 Å². The van der Waals surface area contributed by atoms with E-state index < -0.39 is 24.0 Å². The van der Waals surface area contributed by atoms with Crippen LogP contribution in [0.25, 0.3) is 0 Å². The van der Waals surface area contributed by atoms with Gasteiger partial charge in [-0.1, -0.05) is 18.2 Å². The van der Waals surface area contributed by atoms with Gasteiger partial charge in [-0.15, -0.1) is 0 Å². The first-order valence-corrected chi connectivity index (χ1v) is 11.5. The molecule has 1 aliphatic carbocycles. The Balaban J connectivity index is 1.47. The van der Waals surface area contributed by atoms with Gasteiger partial charge in [0.2, 0.25) is 0 Å². The van der Waals surface area contributed by atoms with Crippen molar-refractivity contribution >= 4 is 18.0 Å². The van der Waals surface area contributed by atoms with Gasteiger partial charge in [0.1, 0.15) is 18.1 Å². The number of carbonyl (C=O) groups excluding carboxylic acids is 3. The number of hydrogen-bond acceptors (Lipinski definition) is 7. The number of nitrogens with one attached hydrogen (secondary N) is 2. The fraction of sp³-hybridized carbons (Fsp3) is 0.346. The van der Waals surface area contributed by atoms with E-state index in [1.165, 1.54) is 11.1 Å². The fourth-order valence-electron chi connectivity index (χ4n) is 4.20. The molecule has 0 saturated carbocycles. The van der Waals surface area contributed by atoms with Crippen LogP contribution in [0.1, 0.15) is 36.1 Å². The number of amides is 2. The lowest BCUT2D eigenvalue weighted by Crippen LogP contribution is -2.47. The quantitative estimate of drug-likeness (QED) is 0.531. The number of fused-ring (bicyclic) bond motifs is 1. The first-order valence-electron chi connectivity index (χ1n) is 11.5. The first kappa shape index (κ1) is 24.1. The highest BCUT2D eigenvalue weighted by Crippen LogP contribution is 2.29. The van der Waals surface area contributed by atoms with E-state index in [0.717, 1.165) is 19.3 Å². The summed E-state index contributed by atoms with van der Waals surface area (Å²) in [4.78, 5) is 37.5. The van der Waals surface area contributed by atoms with Gasteiger partial charge < -0.3 is 29.6 Å². The molecule has 9 heteroatoms. The highest BCUT2D eigenvalue weighted by atomic mass is 16.6. The highest BCUT2D eigenvalue weighted by Gasteiger charge is 2.34. The number of ether oxygens (including phenoxy) is 4. The summed E-state index contributed by atoms with van der Waals surface area (Å²) in [7, 11) is 1.55. The number of hydrogen-bond donors (Lipinski definition) is 2. The molecule has 4 rings (SSSR count). The van der Waals surface area contributed by atoms with Crippen LogP contribution in [0.15, 0.2) is 53.7 Å². The summed E-state index contributed by atoms with van der Waals surface area (Å²) < 4.78 is 21.3. The van der Waals surface area contributed by atoms with Crippen LogP contribution in [0.3, 0.4) is 0 Å². The van der Waals surface area contributed by atoms with E-state index in [9.17, 15) is 14.4 Å². The molecule has 2 aromatic carbocycles. The second-order valence-corrected chi connectivity index (χ2v) is 8.15.